The van der Waals surface area contributed by atoms with E-state index in [0.29, 0.717) is 35.4 Å². The first kappa shape index (κ1) is 30.1. The van der Waals surface area contributed by atoms with Crippen molar-refractivity contribution in [2.24, 2.45) is 11.8 Å². The summed E-state index contributed by atoms with van der Waals surface area (Å²) in [5.74, 6) is -2.68. The smallest absolute Gasteiger partial charge is 0.326 e. The zero-order valence-corrected chi connectivity index (χ0v) is 25.4. The molecule has 1 fully saturated rings. The van der Waals surface area contributed by atoms with Gasteiger partial charge in [0.15, 0.2) is 5.78 Å². The third kappa shape index (κ3) is 5.13. The predicted molar refractivity (Wildman–Crippen MR) is 162 cm³/mol. The van der Waals surface area contributed by atoms with E-state index in [4.69, 9.17) is 0 Å². The summed E-state index contributed by atoms with van der Waals surface area (Å²) < 4.78 is 0. The highest BCUT2D eigenvalue weighted by Gasteiger charge is 2.44. The van der Waals surface area contributed by atoms with Crippen molar-refractivity contribution >= 4 is 29.2 Å². The molecule has 10 heteroatoms. The van der Waals surface area contributed by atoms with Crippen molar-refractivity contribution in [2.75, 3.05) is 0 Å². The topological polar surface area (TPSA) is 164 Å². The van der Waals surface area contributed by atoms with Gasteiger partial charge in [-0.2, -0.15) is 0 Å². The highest BCUT2D eigenvalue weighted by molar-refractivity contribution is 6.13. The van der Waals surface area contributed by atoms with E-state index in [9.17, 15) is 29.4 Å². The largest absolute Gasteiger partial charge is 0.481 e. The molecule has 2 aromatic rings. The molecule has 10 nitrogen and oxygen atoms in total. The second kappa shape index (κ2) is 11.4. The van der Waals surface area contributed by atoms with Gasteiger partial charge in [-0.1, -0.05) is 26.5 Å². The lowest BCUT2D eigenvalue weighted by Crippen LogP contribution is -2.34. The standard InChI is InChI=1S/C33H40N4O6/c1-7-18-14(3)22(12-25-19(8-2)16(5)32(41)36-25)34-24(18)13-23-17(6)28-26(38)11-21(31(28)35-23)30-20(9-10-27(39)40)15(4)29(37-30)33(42)43/h8,15,20,25,29,34-35,37H,2,7,9-13H2,1,3-6H3,(H,36,41)(H,39,40)(H,42,43)/b30-21-/t15-,20-,25?,29-/m0/s1. The zero-order chi connectivity index (χ0) is 31.3. The number of amides is 1. The lowest BCUT2D eigenvalue weighted by atomic mass is 9.85. The molecule has 2 aliphatic heterocycles. The van der Waals surface area contributed by atoms with E-state index in [1.807, 2.05) is 20.8 Å². The number of ketones is 1. The molecule has 4 atom stereocenters. The van der Waals surface area contributed by atoms with E-state index in [0.717, 1.165) is 45.8 Å². The number of aliphatic carboxylic acids is 2. The van der Waals surface area contributed by atoms with Crippen molar-refractivity contribution in [1.29, 1.82) is 0 Å². The Morgan fingerprint density at radius 2 is 1.74 bits per heavy atom. The monoisotopic (exact) mass is 588 g/mol. The molecule has 43 heavy (non-hydrogen) atoms. The molecule has 6 N–H and O–H groups in total. The summed E-state index contributed by atoms with van der Waals surface area (Å²) in [6.45, 7) is 13.7. The van der Waals surface area contributed by atoms with Gasteiger partial charge in [-0.15, -0.1) is 0 Å². The number of hydrogen-bond acceptors (Lipinski definition) is 5. The number of fused-ring (bicyclic) bond motifs is 1. The molecule has 5 rings (SSSR count). The van der Waals surface area contributed by atoms with Crippen molar-refractivity contribution < 1.29 is 29.4 Å². The summed E-state index contributed by atoms with van der Waals surface area (Å²) in [6, 6.07) is -0.999. The molecule has 4 heterocycles. The van der Waals surface area contributed by atoms with Crippen LogP contribution in [0.3, 0.4) is 0 Å². The number of carbonyl (C=O) groups is 4. The van der Waals surface area contributed by atoms with Gasteiger partial charge in [0.1, 0.15) is 6.04 Å². The summed E-state index contributed by atoms with van der Waals surface area (Å²) >= 11 is 0. The number of carboxylic acids is 2. The number of carbonyl (C=O) groups excluding carboxylic acids is 2. The quantitative estimate of drug-likeness (QED) is 0.243. The van der Waals surface area contributed by atoms with Crippen LogP contribution in [0.4, 0.5) is 0 Å². The fraction of sp³-hybridized carbons (Fsp3) is 0.455. The van der Waals surface area contributed by atoms with Gasteiger partial charge in [0.25, 0.3) is 0 Å². The average molecular weight is 589 g/mol. The Morgan fingerprint density at radius 1 is 1.02 bits per heavy atom. The number of aromatic nitrogens is 2. The maximum atomic E-state index is 13.3. The SMILES string of the molecule is C=CC1=C(C)C(=O)NC1Cc1[nH]c(Cc2[nH]c3c(c2C)C(=O)C/C3=C2/N[C@H](C(=O)O)[C@@H](C)[C@@H]2CCC(=O)O)c(CC)c1C. The zero-order valence-electron chi connectivity index (χ0n) is 25.4. The van der Waals surface area contributed by atoms with Crippen molar-refractivity contribution in [2.45, 2.75) is 85.2 Å². The molecule has 0 saturated carbocycles. The third-order valence-corrected chi connectivity index (χ3v) is 9.74. The van der Waals surface area contributed by atoms with Crippen LogP contribution >= 0.6 is 0 Å². The first-order valence-electron chi connectivity index (χ1n) is 14.9. The summed E-state index contributed by atoms with van der Waals surface area (Å²) in [5.41, 5.74) is 10.5. The van der Waals surface area contributed by atoms with Gasteiger partial charge in [-0.25, -0.2) is 4.79 Å². The minimum Gasteiger partial charge on any atom is -0.481 e. The van der Waals surface area contributed by atoms with Gasteiger partial charge in [0, 0.05) is 71.1 Å². The fourth-order valence-electron chi connectivity index (χ4n) is 7.32. The highest BCUT2D eigenvalue weighted by atomic mass is 16.4. The number of nitrogens with one attached hydrogen (secondary N) is 4. The van der Waals surface area contributed by atoms with Crippen LogP contribution in [0.2, 0.25) is 0 Å². The van der Waals surface area contributed by atoms with Crippen LogP contribution in [0.25, 0.3) is 5.57 Å². The second-order valence-corrected chi connectivity index (χ2v) is 12.1. The number of aromatic amines is 2. The van der Waals surface area contributed by atoms with Gasteiger partial charge >= 0.3 is 11.9 Å². The van der Waals surface area contributed by atoms with Crippen molar-refractivity contribution in [1.82, 2.24) is 20.6 Å². The average Bonchev–Trinajstić information content (AvgIpc) is 3.69. The number of rotatable bonds is 10. The molecule has 1 unspecified atom stereocenters. The normalized spacial score (nSPS) is 24.9. The maximum Gasteiger partial charge on any atom is 0.326 e. The first-order chi connectivity index (χ1) is 20.4. The Kier molecular flexibility index (Phi) is 7.98. The number of carboxylic acid groups (broad SMARTS) is 2. The van der Waals surface area contributed by atoms with Gasteiger partial charge in [0.05, 0.1) is 11.7 Å². The molecule has 0 aromatic carbocycles. The van der Waals surface area contributed by atoms with Gasteiger partial charge in [-0.3, -0.25) is 14.4 Å². The highest BCUT2D eigenvalue weighted by Crippen LogP contribution is 2.44. The number of H-pyrrole nitrogens is 2. The van der Waals surface area contributed by atoms with E-state index in [2.05, 4.69) is 41.0 Å². The molecule has 3 aliphatic rings. The minimum atomic E-state index is -0.996. The summed E-state index contributed by atoms with van der Waals surface area (Å²) in [7, 11) is 0. The van der Waals surface area contributed by atoms with Crippen LogP contribution in [-0.2, 0) is 33.6 Å². The van der Waals surface area contributed by atoms with E-state index in [1.54, 1.807) is 6.08 Å². The molecular formula is C33H40N4O6. The Hall–Kier alpha value is -4.34. The van der Waals surface area contributed by atoms with Crippen molar-refractivity contribution in [3.8, 4) is 0 Å². The Morgan fingerprint density at radius 3 is 2.37 bits per heavy atom. The molecule has 2 aromatic heterocycles. The summed E-state index contributed by atoms with van der Waals surface area (Å²) in [4.78, 5) is 56.1. The minimum absolute atomic E-state index is 0.0298. The fourth-order valence-corrected chi connectivity index (χ4v) is 7.32. The van der Waals surface area contributed by atoms with Gasteiger partial charge < -0.3 is 30.8 Å². The summed E-state index contributed by atoms with van der Waals surface area (Å²) in [6.07, 6.45) is 4.07. The van der Waals surface area contributed by atoms with Gasteiger partial charge in [-0.05, 0) is 61.8 Å². The van der Waals surface area contributed by atoms with E-state index >= 15 is 0 Å². The lowest BCUT2D eigenvalue weighted by molar-refractivity contribution is -0.140. The molecule has 1 saturated heterocycles. The number of Topliss-reactive ketones (excluding diaryl/α,β-unsaturated/α-hetero) is 1. The molecule has 0 spiro atoms. The first-order valence-corrected chi connectivity index (χ1v) is 14.9. The Balaban J connectivity index is 1.49. The van der Waals surface area contributed by atoms with Crippen LogP contribution in [-0.4, -0.2) is 55.9 Å². The van der Waals surface area contributed by atoms with Crippen LogP contribution in [0.5, 0.6) is 0 Å². The molecule has 1 amide bonds. The predicted octanol–water partition coefficient (Wildman–Crippen LogP) is 4.13. The molecular weight excluding hydrogens is 548 g/mol. The number of allylic oxidation sites excluding steroid dienone is 2. The summed E-state index contributed by atoms with van der Waals surface area (Å²) in [5, 5.41) is 25.3. The number of hydrogen-bond donors (Lipinski definition) is 6. The molecule has 0 bridgehead atoms. The lowest BCUT2D eigenvalue weighted by Gasteiger charge is -2.17. The van der Waals surface area contributed by atoms with Gasteiger partial charge in [0.2, 0.25) is 5.91 Å². The maximum absolute atomic E-state index is 13.3. The Bertz CT molecular complexity index is 1620. The van der Waals surface area contributed by atoms with E-state index < -0.39 is 18.0 Å². The van der Waals surface area contributed by atoms with Crippen LogP contribution in [0, 0.1) is 25.7 Å². The van der Waals surface area contributed by atoms with Crippen molar-refractivity contribution in [3.05, 3.63) is 74.5 Å². The van der Waals surface area contributed by atoms with Crippen LogP contribution in [0.15, 0.2) is 29.5 Å². The molecule has 1 aliphatic carbocycles. The molecule has 0 radical (unpaired) electrons. The Labute approximate surface area is 250 Å². The van der Waals surface area contributed by atoms with Crippen molar-refractivity contribution in [3.63, 3.8) is 0 Å². The third-order valence-electron chi connectivity index (χ3n) is 9.74. The van der Waals surface area contributed by atoms with Crippen LogP contribution in [0.1, 0.15) is 89.9 Å². The second-order valence-electron chi connectivity index (χ2n) is 12.1. The van der Waals surface area contributed by atoms with E-state index in [1.165, 1.54) is 5.56 Å². The van der Waals surface area contributed by atoms with E-state index in [-0.39, 0.29) is 48.8 Å². The molecule has 228 valence electrons. The van der Waals surface area contributed by atoms with Crippen LogP contribution < -0.4 is 10.6 Å².